The van der Waals surface area contributed by atoms with E-state index in [1.807, 2.05) is 68.8 Å². The van der Waals surface area contributed by atoms with E-state index in [-0.39, 0.29) is 47.5 Å². The first-order chi connectivity index (χ1) is 68.2. The molecule has 1 aromatic carbocycles. The van der Waals surface area contributed by atoms with Crippen LogP contribution in [0.25, 0.3) is 112 Å². The summed E-state index contributed by atoms with van der Waals surface area (Å²) in [6.07, 6.45) is 32.7. The Morgan fingerprint density at radius 1 is 0.364 bits per heavy atom. The van der Waals surface area contributed by atoms with Crippen LogP contribution in [-0.2, 0) is 28.4 Å². The van der Waals surface area contributed by atoms with E-state index in [1.165, 1.54) is 37.6 Å². The molecule has 4 atom stereocenters. The standard InChI is InChI=1S/C21H22N8O.C20H28N8O2.C18H24N8O2.C18H22N8O.C17H21N7O/c1-14(15-5-3-2-4-6-15)29-13-25-18-17(16-11-23-20(22)24-12-16)26-21(27-19(18)29)28-7-9-30-10-8-28;1-13(11-30-20(2,3)4)28-12-24-16-15(14-9-22-18(21)23-10-14)25-19(26-17(16)28)27-5-7-29-8-6-27;1-4-11(2)26-10-21-14-13(12-9-20-17(19)24-16(12)27-3)22-18(23-15(14)26)25-5-7-28-8-6-25;19-17-20-9-12(10-21-17)14-15-16(26(11-22-15)13-3-1-2-4-13)24-18(23-14)25-5-7-27-8-6-25;1-3-12(2)24-11-20-15-14(13-8-18-10-19-9-13)21-17(22-16(15)24)23-4-6-25-7-5-23/h2-6,11-14H,7-10H2,1H3,(H2,22,23,24);9-10,12-13H,5-8,11H2,1-4H3,(H2,21,22,23);9-11H,4-8H2,1-3H3,(H2,19,20,24);9-11,13H,1-8H2,(H2,19,20,21);8-12H,3-7H2,1-2H3. The molecular formula is C94H117N39O7. The van der Waals surface area contributed by atoms with E-state index in [0.29, 0.717) is 160 Å². The average molecular weight is 1910 g/mol. The zero-order valence-corrected chi connectivity index (χ0v) is 80.3. The fourth-order valence-corrected chi connectivity index (χ4v) is 17.0. The Hall–Kier alpha value is -14.9. The highest BCUT2D eigenvalue weighted by Crippen LogP contribution is 2.40. The Balaban J connectivity index is 0.000000116. The predicted molar refractivity (Wildman–Crippen MR) is 529 cm³/mol. The Morgan fingerprint density at radius 3 is 1.06 bits per heavy atom. The van der Waals surface area contributed by atoms with Crippen LogP contribution in [0.3, 0.4) is 0 Å². The van der Waals surface area contributed by atoms with Crippen LogP contribution >= 0.6 is 0 Å². The van der Waals surface area contributed by atoms with Gasteiger partial charge in [-0.05, 0) is 79.7 Å². The molecule has 140 heavy (non-hydrogen) atoms. The van der Waals surface area contributed by atoms with Crippen molar-refractivity contribution in [2.45, 2.75) is 137 Å². The number of anilines is 9. The number of hydrogen-bond donors (Lipinski definition) is 4. The molecule has 6 fully saturated rings. The topological polar surface area (TPSA) is 532 Å². The Morgan fingerprint density at radius 2 is 0.686 bits per heavy atom. The fraction of sp³-hybridized carbons (Fsp3) is 0.457. The van der Waals surface area contributed by atoms with E-state index in [4.69, 9.17) is 106 Å². The summed E-state index contributed by atoms with van der Waals surface area (Å²) < 4.78 is 49.3. The number of morpholine rings is 5. The number of hydrogen-bond acceptors (Lipinski definition) is 41. The van der Waals surface area contributed by atoms with Crippen molar-refractivity contribution in [3.8, 4) is 62.2 Å². The molecule has 0 spiro atoms. The third kappa shape index (κ3) is 21.5. The zero-order valence-electron chi connectivity index (χ0n) is 80.3. The van der Waals surface area contributed by atoms with Crippen molar-refractivity contribution < 1.29 is 33.2 Å². The fourth-order valence-electron chi connectivity index (χ4n) is 17.0. The summed E-state index contributed by atoms with van der Waals surface area (Å²) in [4.78, 5) is 124. The lowest BCUT2D eigenvalue weighted by atomic mass is 10.1. The highest BCUT2D eigenvalue weighted by atomic mass is 16.5. The number of ether oxygens (including phenoxy) is 7. The summed E-state index contributed by atoms with van der Waals surface area (Å²) >= 11 is 0. The van der Waals surface area contributed by atoms with Crippen LogP contribution < -0.4 is 52.2 Å². The number of aromatic nitrogens is 30. The minimum atomic E-state index is -0.217. The van der Waals surface area contributed by atoms with Gasteiger partial charge in [0.2, 0.25) is 59.4 Å². The number of nitrogens with two attached hydrogens (primary N) is 4. The van der Waals surface area contributed by atoms with Gasteiger partial charge in [-0.2, -0.15) is 29.9 Å². The van der Waals surface area contributed by atoms with Crippen LogP contribution in [0.5, 0.6) is 5.88 Å². The molecule has 0 radical (unpaired) electrons. The molecule has 5 aliphatic heterocycles. The molecule has 730 valence electrons. The molecule has 16 aromatic rings. The molecule has 1 aliphatic carbocycles. The third-order valence-corrected chi connectivity index (χ3v) is 25.2. The highest BCUT2D eigenvalue weighted by Gasteiger charge is 2.32. The van der Waals surface area contributed by atoms with E-state index in [0.717, 1.165) is 151 Å². The molecule has 5 saturated heterocycles. The first kappa shape index (κ1) is 95.4. The van der Waals surface area contributed by atoms with E-state index in [9.17, 15) is 0 Å². The number of fused-ring (bicyclic) bond motifs is 5. The molecule has 0 bridgehead atoms. The molecule has 0 amide bonds. The largest absolute Gasteiger partial charge is 0.480 e. The van der Waals surface area contributed by atoms with Crippen molar-refractivity contribution >= 4 is 109 Å². The maximum atomic E-state index is 5.99. The number of nitrogen functional groups attached to an aromatic ring is 4. The molecule has 4 unspecified atom stereocenters. The second kappa shape index (κ2) is 43.4. The monoisotopic (exact) mass is 1900 g/mol. The molecule has 46 heteroatoms. The number of imidazole rings is 5. The maximum absolute atomic E-state index is 5.99. The summed E-state index contributed by atoms with van der Waals surface area (Å²) in [6.45, 7) is 33.7. The summed E-state index contributed by atoms with van der Waals surface area (Å²) in [7, 11) is 1.55. The van der Waals surface area contributed by atoms with Gasteiger partial charge in [0.15, 0.2) is 28.2 Å². The summed E-state index contributed by atoms with van der Waals surface area (Å²) in [5, 5.41) is 0. The molecule has 1 saturated carbocycles. The van der Waals surface area contributed by atoms with Crippen LogP contribution in [0.1, 0.15) is 137 Å². The molecule has 8 N–H and O–H groups in total. The summed E-state index contributed by atoms with van der Waals surface area (Å²) in [5.74, 6) is 4.53. The van der Waals surface area contributed by atoms with Crippen molar-refractivity contribution in [2.75, 3.05) is 193 Å². The Bertz CT molecular complexity index is 6830. The number of nitrogens with zero attached hydrogens (tertiary/aromatic N) is 35. The van der Waals surface area contributed by atoms with Gasteiger partial charge in [-0.1, -0.05) is 57.0 Å². The minimum Gasteiger partial charge on any atom is -0.480 e. The quantitative estimate of drug-likeness (QED) is 0.0519. The van der Waals surface area contributed by atoms with Crippen molar-refractivity contribution in [3.05, 3.63) is 130 Å². The summed E-state index contributed by atoms with van der Waals surface area (Å²) in [5.41, 5.74) is 38.7. The normalized spacial score (nSPS) is 16.4. The smallest absolute Gasteiger partial charge is 0.228 e. The van der Waals surface area contributed by atoms with Gasteiger partial charge < -0.3 is 103 Å². The number of rotatable bonds is 21. The Labute approximate surface area is 807 Å². The van der Waals surface area contributed by atoms with Crippen LogP contribution in [0.4, 0.5) is 53.5 Å². The number of benzene rings is 1. The summed E-state index contributed by atoms with van der Waals surface area (Å²) in [6, 6.07) is 11.5. The second-order valence-corrected chi connectivity index (χ2v) is 35.6. The van der Waals surface area contributed by atoms with E-state index in [2.05, 4.69) is 171 Å². The lowest BCUT2D eigenvalue weighted by molar-refractivity contribution is -0.0167. The molecule has 6 aliphatic rings. The zero-order chi connectivity index (χ0) is 96.9. The van der Waals surface area contributed by atoms with Gasteiger partial charge >= 0.3 is 0 Å². The van der Waals surface area contributed by atoms with Crippen molar-refractivity contribution in [3.63, 3.8) is 0 Å². The molecule has 15 aromatic heterocycles. The van der Waals surface area contributed by atoms with Gasteiger partial charge in [0, 0.05) is 162 Å². The lowest BCUT2D eigenvalue weighted by Crippen LogP contribution is -2.37. The lowest BCUT2D eigenvalue weighted by Gasteiger charge is -2.27. The molecule has 20 heterocycles. The Kier molecular flexibility index (Phi) is 29.6. The van der Waals surface area contributed by atoms with E-state index < -0.39 is 0 Å². The van der Waals surface area contributed by atoms with Gasteiger partial charge in [-0.15, -0.1) is 0 Å². The SMILES string of the molecule is CC(COC(C)(C)C)n1cnc2c(-c3cnc(N)nc3)nc(N3CCOCC3)nc21.CC(c1ccccc1)n1cnc2c(-c3cnc(N)nc3)nc(N3CCOCC3)nc21.CCC(C)n1cnc2c(-c3cnc(N)nc3OC)nc(N3CCOCC3)nc21.CCC(C)n1cnc2c(-c3cncnc3)nc(N3CCOCC3)nc21.Nc1ncc(-c2nc(N3CCOCC3)nc3c2ncn3C2CCCC2)cn1. The van der Waals surface area contributed by atoms with Crippen molar-refractivity contribution in [2.24, 2.45) is 0 Å². The van der Waals surface area contributed by atoms with E-state index >= 15 is 0 Å². The van der Waals surface area contributed by atoms with Gasteiger partial charge in [0.05, 0.1) is 135 Å². The molecular weight excluding hydrogens is 1790 g/mol. The first-order valence-corrected chi connectivity index (χ1v) is 47.4. The van der Waals surface area contributed by atoms with E-state index in [1.54, 1.807) is 69.2 Å². The van der Waals surface area contributed by atoms with Gasteiger partial charge in [0.1, 0.15) is 62.4 Å². The number of methoxy groups -OCH3 is 1. The predicted octanol–water partition coefficient (Wildman–Crippen LogP) is 9.98. The third-order valence-electron chi connectivity index (χ3n) is 25.2. The van der Waals surface area contributed by atoms with Crippen LogP contribution in [0.15, 0.2) is 124 Å². The maximum Gasteiger partial charge on any atom is 0.228 e. The van der Waals surface area contributed by atoms with Gasteiger partial charge in [-0.3, -0.25) is 0 Å². The highest BCUT2D eigenvalue weighted by molar-refractivity contribution is 5.93. The van der Waals surface area contributed by atoms with Gasteiger partial charge in [-0.25, -0.2) is 94.7 Å². The van der Waals surface area contributed by atoms with Crippen LogP contribution in [0, 0.1) is 0 Å². The van der Waals surface area contributed by atoms with Gasteiger partial charge in [0.25, 0.3) is 0 Å². The average Bonchev–Trinajstić information content (AvgIpc) is 1.63. The van der Waals surface area contributed by atoms with Crippen LogP contribution in [0.2, 0.25) is 0 Å². The van der Waals surface area contributed by atoms with Crippen molar-refractivity contribution in [1.29, 1.82) is 0 Å². The second-order valence-electron chi connectivity index (χ2n) is 35.6. The van der Waals surface area contributed by atoms with Crippen LogP contribution in [-0.4, -0.2) is 298 Å². The minimum absolute atomic E-state index is 0.0529. The molecule has 22 rings (SSSR count). The van der Waals surface area contributed by atoms with Crippen molar-refractivity contribution in [1.82, 2.24) is 147 Å². The molecule has 46 nitrogen and oxygen atoms in total. The first-order valence-electron chi connectivity index (χ1n) is 47.4.